The van der Waals surface area contributed by atoms with Gasteiger partial charge in [-0.15, -0.1) is 0 Å². The molecule has 4 rings (SSSR count). The zero-order chi connectivity index (χ0) is 21.7. The highest BCUT2D eigenvalue weighted by molar-refractivity contribution is 5.58. The summed E-state index contributed by atoms with van der Waals surface area (Å²) in [5, 5.41) is 12.3. The van der Waals surface area contributed by atoms with Crippen LogP contribution >= 0.6 is 0 Å². The van der Waals surface area contributed by atoms with E-state index in [2.05, 4.69) is 54.4 Å². The average molecular weight is 414 g/mol. The maximum absolute atomic E-state index is 12.3. The Morgan fingerprint density at radius 3 is 2.26 bits per heavy atom. The van der Waals surface area contributed by atoms with Crippen LogP contribution in [0.3, 0.4) is 0 Å². The summed E-state index contributed by atoms with van der Waals surface area (Å²) in [5.74, 6) is 0.879. The molecule has 1 aliphatic carbocycles. The normalized spacial score (nSPS) is 22.3. The maximum atomic E-state index is 12.3. The Bertz CT molecular complexity index is 998. The molecule has 3 aromatic rings. The van der Waals surface area contributed by atoms with E-state index < -0.39 is 5.60 Å². The second kappa shape index (κ2) is 9.40. The Balaban J connectivity index is 1.74. The van der Waals surface area contributed by atoms with Crippen molar-refractivity contribution in [1.29, 1.82) is 0 Å². The lowest BCUT2D eigenvalue weighted by Gasteiger charge is -2.44. The number of hydrogen-bond acceptors (Lipinski definition) is 3. The first-order valence-corrected chi connectivity index (χ1v) is 11.0. The zero-order valence-electron chi connectivity index (χ0n) is 18.4. The smallest absolute Gasteiger partial charge is 0.118 e. The van der Waals surface area contributed by atoms with Gasteiger partial charge in [-0.2, -0.15) is 0 Å². The van der Waals surface area contributed by atoms with E-state index in [0.29, 0.717) is 0 Å². The molecule has 3 nitrogen and oxygen atoms in total. The lowest BCUT2D eigenvalue weighted by Crippen LogP contribution is -2.45. The molecule has 0 heterocycles. The molecular formula is C28H31NO2. The van der Waals surface area contributed by atoms with E-state index in [0.717, 1.165) is 48.3 Å². The van der Waals surface area contributed by atoms with Gasteiger partial charge in [-0.05, 0) is 60.2 Å². The Hall–Kier alpha value is -3.04. The van der Waals surface area contributed by atoms with Crippen molar-refractivity contribution in [1.82, 2.24) is 0 Å². The van der Waals surface area contributed by atoms with Gasteiger partial charge in [0.1, 0.15) is 11.4 Å². The third kappa shape index (κ3) is 4.52. The summed E-state index contributed by atoms with van der Waals surface area (Å²) < 4.78 is 5.36. The van der Waals surface area contributed by atoms with E-state index >= 15 is 0 Å². The Kier molecular flexibility index (Phi) is 6.43. The summed E-state index contributed by atoms with van der Waals surface area (Å²) in [6, 6.07) is 28.6. The SMILES string of the molecule is COc1ccc(C2(O)/C(=C/c3ccccc3)CCCC2CN(C)c2ccccc2)cc1. The highest BCUT2D eigenvalue weighted by Gasteiger charge is 2.44. The van der Waals surface area contributed by atoms with Gasteiger partial charge in [-0.3, -0.25) is 0 Å². The summed E-state index contributed by atoms with van der Waals surface area (Å²) in [4.78, 5) is 2.25. The summed E-state index contributed by atoms with van der Waals surface area (Å²) in [6.45, 7) is 0.776. The van der Waals surface area contributed by atoms with Crippen molar-refractivity contribution in [2.24, 2.45) is 5.92 Å². The van der Waals surface area contributed by atoms with Crippen LogP contribution in [0.2, 0.25) is 0 Å². The second-order valence-electron chi connectivity index (χ2n) is 8.38. The van der Waals surface area contributed by atoms with E-state index in [1.54, 1.807) is 7.11 Å². The molecule has 0 radical (unpaired) electrons. The van der Waals surface area contributed by atoms with Crippen molar-refractivity contribution in [2.75, 3.05) is 25.6 Å². The summed E-state index contributed by atoms with van der Waals surface area (Å²) >= 11 is 0. The second-order valence-corrected chi connectivity index (χ2v) is 8.38. The van der Waals surface area contributed by atoms with Crippen LogP contribution in [0.4, 0.5) is 5.69 Å². The molecule has 0 saturated heterocycles. The molecule has 2 unspecified atom stereocenters. The van der Waals surface area contributed by atoms with Crippen molar-refractivity contribution < 1.29 is 9.84 Å². The van der Waals surface area contributed by atoms with Crippen LogP contribution in [0.5, 0.6) is 5.75 Å². The fourth-order valence-electron chi connectivity index (χ4n) is 4.74. The van der Waals surface area contributed by atoms with Crippen LogP contribution in [0.15, 0.2) is 90.5 Å². The molecule has 0 amide bonds. The van der Waals surface area contributed by atoms with Crippen molar-refractivity contribution in [3.05, 3.63) is 102 Å². The van der Waals surface area contributed by atoms with Gasteiger partial charge in [0, 0.05) is 25.2 Å². The number of rotatable bonds is 6. The lowest BCUT2D eigenvalue weighted by molar-refractivity contribution is -0.00395. The lowest BCUT2D eigenvalue weighted by atomic mass is 9.67. The van der Waals surface area contributed by atoms with Crippen LogP contribution in [-0.4, -0.2) is 25.8 Å². The molecule has 1 fully saturated rings. The van der Waals surface area contributed by atoms with Crippen molar-refractivity contribution in [3.63, 3.8) is 0 Å². The summed E-state index contributed by atoms with van der Waals surface area (Å²) in [5.41, 5.74) is 3.28. The molecule has 160 valence electrons. The van der Waals surface area contributed by atoms with E-state index in [-0.39, 0.29) is 5.92 Å². The predicted molar refractivity (Wildman–Crippen MR) is 128 cm³/mol. The van der Waals surface area contributed by atoms with Crippen LogP contribution in [0.1, 0.15) is 30.4 Å². The average Bonchev–Trinajstić information content (AvgIpc) is 2.83. The quantitative estimate of drug-likeness (QED) is 0.546. The van der Waals surface area contributed by atoms with E-state index in [9.17, 15) is 5.11 Å². The molecule has 31 heavy (non-hydrogen) atoms. The van der Waals surface area contributed by atoms with Crippen molar-refractivity contribution in [3.8, 4) is 5.75 Å². The number of benzene rings is 3. The Morgan fingerprint density at radius 2 is 1.61 bits per heavy atom. The standard InChI is InChI=1S/C28H31NO2/c1-29(26-14-7-4-8-15-26)21-25-13-9-12-24(20-22-10-5-3-6-11-22)28(25,30)23-16-18-27(31-2)19-17-23/h3-8,10-11,14-20,25,30H,9,12-13,21H2,1-2H3/b24-20+. The Morgan fingerprint density at radius 1 is 0.968 bits per heavy atom. The fourth-order valence-corrected chi connectivity index (χ4v) is 4.74. The third-order valence-electron chi connectivity index (χ3n) is 6.44. The van der Waals surface area contributed by atoms with Gasteiger partial charge < -0.3 is 14.7 Å². The van der Waals surface area contributed by atoms with Gasteiger partial charge in [-0.1, -0.05) is 66.7 Å². The number of aliphatic hydroxyl groups is 1. The number of ether oxygens (including phenoxy) is 1. The first-order chi connectivity index (χ1) is 15.1. The van der Waals surface area contributed by atoms with Gasteiger partial charge >= 0.3 is 0 Å². The summed E-state index contributed by atoms with van der Waals surface area (Å²) in [7, 11) is 3.78. The monoisotopic (exact) mass is 413 g/mol. The molecule has 2 atom stereocenters. The molecule has 1 N–H and O–H groups in total. The number of hydrogen-bond donors (Lipinski definition) is 1. The molecule has 3 aromatic carbocycles. The molecule has 0 aromatic heterocycles. The van der Waals surface area contributed by atoms with Crippen molar-refractivity contribution >= 4 is 11.8 Å². The molecule has 0 aliphatic heterocycles. The predicted octanol–water partition coefficient (Wildman–Crippen LogP) is 5.90. The largest absolute Gasteiger partial charge is 0.497 e. The van der Waals surface area contributed by atoms with Gasteiger partial charge in [0.25, 0.3) is 0 Å². The molecule has 1 saturated carbocycles. The van der Waals surface area contributed by atoms with E-state index in [1.165, 1.54) is 5.69 Å². The van der Waals surface area contributed by atoms with Gasteiger partial charge in [0.15, 0.2) is 0 Å². The fraction of sp³-hybridized carbons (Fsp3) is 0.286. The third-order valence-corrected chi connectivity index (χ3v) is 6.44. The van der Waals surface area contributed by atoms with Crippen LogP contribution in [0, 0.1) is 5.92 Å². The summed E-state index contributed by atoms with van der Waals surface area (Å²) in [6.07, 6.45) is 5.12. The molecule has 0 bridgehead atoms. The number of methoxy groups -OCH3 is 1. The topological polar surface area (TPSA) is 32.7 Å². The van der Waals surface area contributed by atoms with Gasteiger partial charge in [-0.25, -0.2) is 0 Å². The van der Waals surface area contributed by atoms with Crippen molar-refractivity contribution in [2.45, 2.75) is 24.9 Å². The molecule has 0 spiro atoms. The Labute approximate surface area is 185 Å². The van der Waals surface area contributed by atoms with Gasteiger partial charge in [0.2, 0.25) is 0 Å². The number of para-hydroxylation sites is 1. The van der Waals surface area contributed by atoms with Gasteiger partial charge in [0.05, 0.1) is 7.11 Å². The molecular weight excluding hydrogens is 382 g/mol. The number of anilines is 1. The van der Waals surface area contributed by atoms with Crippen LogP contribution in [-0.2, 0) is 5.60 Å². The minimum Gasteiger partial charge on any atom is -0.497 e. The number of nitrogens with zero attached hydrogens (tertiary/aromatic N) is 1. The highest BCUT2D eigenvalue weighted by atomic mass is 16.5. The molecule has 3 heteroatoms. The van der Waals surface area contributed by atoms with E-state index in [4.69, 9.17) is 4.74 Å². The zero-order valence-corrected chi connectivity index (χ0v) is 18.4. The highest BCUT2D eigenvalue weighted by Crippen LogP contribution is 2.47. The van der Waals surface area contributed by atoms with Crippen LogP contribution < -0.4 is 9.64 Å². The minimum absolute atomic E-state index is 0.0785. The first kappa shape index (κ1) is 21.2. The minimum atomic E-state index is -1.02. The van der Waals surface area contributed by atoms with E-state index in [1.807, 2.05) is 48.5 Å². The molecule has 1 aliphatic rings. The first-order valence-electron chi connectivity index (χ1n) is 11.0. The maximum Gasteiger partial charge on any atom is 0.118 e. The van der Waals surface area contributed by atoms with Crippen LogP contribution in [0.25, 0.3) is 6.08 Å².